The van der Waals surface area contributed by atoms with Crippen molar-refractivity contribution in [3.8, 4) is 11.1 Å². The molecule has 0 bridgehead atoms. The SMILES string of the molecule is CCN(CC(=O)O)C(=O)CNC(=O)OCC1c2ccccc2-c2ccccc21. The largest absolute Gasteiger partial charge is 0.480 e. The van der Waals surface area contributed by atoms with E-state index in [1.807, 2.05) is 36.4 Å². The highest BCUT2D eigenvalue weighted by molar-refractivity contribution is 5.85. The normalized spacial score (nSPS) is 12.0. The first-order chi connectivity index (χ1) is 13.5. The molecule has 0 heterocycles. The molecule has 7 nitrogen and oxygen atoms in total. The van der Waals surface area contributed by atoms with E-state index < -0.39 is 24.5 Å². The maximum absolute atomic E-state index is 12.0. The van der Waals surface area contributed by atoms with Crippen LogP contribution in [-0.2, 0) is 14.3 Å². The highest BCUT2D eigenvalue weighted by atomic mass is 16.5. The van der Waals surface area contributed by atoms with E-state index >= 15 is 0 Å². The third-order valence-corrected chi connectivity index (χ3v) is 4.79. The number of rotatable bonds is 7. The molecule has 146 valence electrons. The molecule has 2 aromatic carbocycles. The molecule has 0 spiro atoms. The number of fused-ring (bicyclic) bond motifs is 3. The summed E-state index contributed by atoms with van der Waals surface area (Å²) in [7, 11) is 0. The second-order valence-electron chi connectivity index (χ2n) is 6.48. The summed E-state index contributed by atoms with van der Waals surface area (Å²) in [5.41, 5.74) is 4.47. The third kappa shape index (κ3) is 4.14. The van der Waals surface area contributed by atoms with Gasteiger partial charge in [0.15, 0.2) is 0 Å². The zero-order valence-corrected chi connectivity index (χ0v) is 15.6. The lowest BCUT2D eigenvalue weighted by Crippen LogP contribution is -2.42. The average molecular weight is 382 g/mol. The van der Waals surface area contributed by atoms with Gasteiger partial charge in [-0.15, -0.1) is 0 Å². The number of carbonyl (C=O) groups is 3. The molecule has 0 unspecified atom stereocenters. The van der Waals surface area contributed by atoms with Crippen molar-refractivity contribution in [2.45, 2.75) is 12.8 Å². The minimum atomic E-state index is -1.10. The van der Waals surface area contributed by atoms with Crippen molar-refractivity contribution >= 4 is 18.0 Å². The van der Waals surface area contributed by atoms with Gasteiger partial charge in [-0.3, -0.25) is 9.59 Å². The molecule has 0 aliphatic heterocycles. The minimum absolute atomic E-state index is 0.0620. The number of nitrogens with one attached hydrogen (secondary N) is 1. The maximum Gasteiger partial charge on any atom is 0.407 e. The van der Waals surface area contributed by atoms with Crippen LogP contribution in [0.3, 0.4) is 0 Å². The van der Waals surface area contributed by atoms with E-state index in [9.17, 15) is 14.4 Å². The van der Waals surface area contributed by atoms with Crippen molar-refractivity contribution in [2.24, 2.45) is 0 Å². The number of carboxylic acids is 1. The number of carbonyl (C=O) groups excluding carboxylic acids is 2. The fourth-order valence-corrected chi connectivity index (χ4v) is 3.45. The molecule has 0 atom stereocenters. The van der Waals surface area contributed by atoms with Gasteiger partial charge in [-0.1, -0.05) is 48.5 Å². The van der Waals surface area contributed by atoms with Gasteiger partial charge in [-0.2, -0.15) is 0 Å². The van der Waals surface area contributed by atoms with E-state index in [1.165, 1.54) is 0 Å². The van der Waals surface area contributed by atoms with E-state index in [0.29, 0.717) is 0 Å². The van der Waals surface area contributed by atoms with Crippen LogP contribution in [0.25, 0.3) is 11.1 Å². The molecule has 28 heavy (non-hydrogen) atoms. The van der Waals surface area contributed by atoms with Gasteiger partial charge < -0.3 is 20.1 Å². The fourth-order valence-electron chi connectivity index (χ4n) is 3.45. The summed E-state index contributed by atoms with van der Waals surface area (Å²) in [6, 6.07) is 16.0. The van der Waals surface area contributed by atoms with Crippen LogP contribution in [0.2, 0.25) is 0 Å². The van der Waals surface area contributed by atoms with Crippen molar-refractivity contribution in [2.75, 3.05) is 26.2 Å². The zero-order chi connectivity index (χ0) is 20.1. The predicted octanol–water partition coefficient (Wildman–Crippen LogP) is 2.46. The van der Waals surface area contributed by atoms with Crippen LogP contribution in [0, 0.1) is 0 Å². The number of aliphatic carboxylic acids is 1. The van der Waals surface area contributed by atoms with Gasteiger partial charge in [-0.05, 0) is 29.2 Å². The van der Waals surface area contributed by atoms with Crippen molar-refractivity contribution in [3.05, 3.63) is 59.7 Å². The van der Waals surface area contributed by atoms with E-state index in [-0.39, 0.29) is 25.6 Å². The third-order valence-electron chi connectivity index (χ3n) is 4.79. The van der Waals surface area contributed by atoms with Gasteiger partial charge in [0.1, 0.15) is 19.7 Å². The lowest BCUT2D eigenvalue weighted by molar-refractivity contribution is -0.143. The van der Waals surface area contributed by atoms with Gasteiger partial charge in [0, 0.05) is 12.5 Å². The smallest absolute Gasteiger partial charge is 0.407 e. The summed E-state index contributed by atoms with van der Waals surface area (Å²) in [5, 5.41) is 11.2. The van der Waals surface area contributed by atoms with Crippen LogP contribution in [-0.4, -0.2) is 54.2 Å². The van der Waals surface area contributed by atoms with Crippen LogP contribution in [0.1, 0.15) is 24.0 Å². The van der Waals surface area contributed by atoms with Gasteiger partial charge in [0.05, 0.1) is 0 Å². The number of carboxylic acid groups (broad SMARTS) is 1. The molecular formula is C21H22N2O5. The number of hydrogen-bond acceptors (Lipinski definition) is 4. The second-order valence-corrected chi connectivity index (χ2v) is 6.48. The van der Waals surface area contributed by atoms with Crippen LogP contribution >= 0.6 is 0 Å². The first kappa shape index (κ1) is 19.4. The van der Waals surface area contributed by atoms with Crippen molar-refractivity contribution < 1.29 is 24.2 Å². The van der Waals surface area contributed by atoms with Crippen LogP contribution < -0.4 is 5.32 Å². The molecule has 0 saturated carbocycles. The molecule has 2 aromatic rings. The first-order valence-electron chi connectivity index (χ1n) is 9.09. The fraction of sp³-hybridized carbons (Fsp3) is 0.286. The monoisotopic (exact) mass is 382 g/mol. The molecule has 0 radical (unpaired) electrons. The Morgan fingerprint density at radius 3 is 2.14 bits per heavy atom. The quantitative estimate of drug-likeness (QED) is 0.767. The van der Waals surface area contributed by atoms with Crippen molar-refractivity contribution in [1.29, 1.82) is 0 Å². The Hall–Kier alpha value is -3.35. The summed E-state index contributed by atoms with van der Waals surface area (Å²) in [6.45, 7) is 1.37. The molecule has 2 N–H and O–H groups in total. The standard InChI is InChI=1S/C21H22N2O5/c1-2-23(12-20(25)26)19(24)11-22-21(27)28-13-18-16-9-5-3-7-14(16)15-8-4-6-10-17(15)18/h3-10,18H,2,11-13H2,1H3,(H,22,27)(H,25,26). The molecule has 2 amide bonds. The lowest BCUT2D eigenvalue weighted by atomic mass is 9.98. The average Bonchev–Trinajstić information content (AvgIpc) is 3.02. The van der Waals surface area contributed by atoms with E-state index in [4.69, 9.17) is 9.84 Å². The number of alkyl carbamates (subject to hydrolysis) is 1. The molecule has 1 aliphatic carbocycles. The number of likely N-dealkylation sites (N-methyl/N-ethyl adjacent to an activating group) is 1. The highest BCUT2D eigenvalue weighted by Crippen LogP contribution is 2.44. The Morgan fingerprint density at radius 2 is 1.61 bits per heavy atom. The second kappa shape index (κ2) is 8.56. The number of benzene rings is 2. The summed E-state index contributed by atoms with van der Waals surface area (Å²) in [4.78, 5) is 35.9. The van der Waals surface area contributed by atoms with Gasteiger partial charge in [-0.25, -0.2) is 4.79 Å². The van der Waals surface area contributed by atoms with Crippen molar-refractivity contribution in [1.82, 2.24) is 10.2 Å². The minimum Gasteiger partial charge on any atom is -0.480 e. The Kier molecular flexibility index (Phi) is 5.93. The van der Waals surface area contributed by atoms with Gasteiger partial charge in [0.2, 0.25) is 5.91 Å². The molecule has 3 rings (SSSR count). The Morgan fingerprint density at radius 1 is 1.04 bits per heavy atom. The van der Waals surface area contributed by atoms with Crippen molar-refractivity contribution in [3.63, 3.8) is 0 Å². The topological polar surface area (TPSA) is 95.9 Å². The molecule has 7 heteroatoms. The molecule has 0 aromatic heterocycles. The molecule has 0 saturated heterocycles. The molecular weight excluding hydrogens is 360 g/mol. The highest BCUT2D eigenvalue weighted by Gasteiger charge is 2.29. The lowest BCUT2D eigenvalue weighted by Gasteiger charge is -2.19. The van der Waals surface area contributed by atoms with E-state index in [0.717, 1.165) is 27.2 Å². The first-order valence-corrected chi connectivity index (χ1v) is 9.09. The summed E-state index contributed by atoms with van der Waals surface area (Å²) in [6.07, 6.45) is -0.707. The van der Waals surface area contributed by atoms with Gasteiger partial charge in [0.25, 0.3) is 0 Å². The summed E-state index contributed by atoms with van der Waals surface area (Å²) >= 11 is 0. The Balaban J connectivity index is 1.58. The summed E-state index contributed by atoms with van der Waals surface area (Å²) in [5.74, 6) is -1.64. The molecule has 0 fully saturated rings. The molecule has 1 aliphatic rings. The maximum atomic E-state index is 12.0. The number of ether oxygens (including phenoxy) is 1. The van der Waals surface area contributed by atoms with Crippen LogP contribution in [0.15, 0.2) is 48.5 Å². The number of hydrogen-bond donors (Lipinski definition) is 2. The summed E-state index contributed by atoms with van der Waals surface area (Å²) < 4.78 is 5.35. The van der Waals surface area contributed by atoms with Gasteiger partial charge >= 0.3 is 12.1 Å². The number of nitrogens with zero attached hydrogens (tertiary/aromatic N) is 1. The van der Waals surface area contributed by atoms with Crippen LogP contribution in [0.4, 0.5) is 4.79 Å². The number of amides is 2. The van der Waals surface area contributed by atoms with E-state index in [2.05, 4.69) is 17.4 Å². The Bertz CT molecular complexity index is 850. The predicted molar refractivity (Wildman–Crippen MR) is 103 cm³/mol. The zero-order valence-electron chi connectivity index (χ0n) is 15.6. The Labute approximate surface area is 162 Å². The van der Waals surface area contributed by atoms with Crippen LogP contribution in [0.5, 0.6) is 0 Å². The van der Waals surface area contributed by atoms with E-state index in [1.54, 1.807) is 6.92 Å².